The summed E-state index contributed by atoms with van der Waals surface area (Å²) in [5.74, 6) is 0. The Hall–Kier alpha value is -1.29. The third-order valence-electron chi connectivity index (χ3n) is 1.99. The highest BCUT2D eigenvalue weighted by molar-refractivity contribution is 7.09. The van der Waals surface area contributed by atoms with E-state index in [1.165, 1.54) is 4.88 Å². The largest absolute Gasteiger partial charge is 0.335 e. The standard InChI is InChI=1S/C11H16N2OS/c1-3-7-12-11(14)13(4-2)9-10-6-5-8-15-10/h3,5-6,8H,1,4,7,9H2,2H3,(H,12,14). The van der Waals surface area contributed by atoms with Crippen LogP contribution in [0.4, 0.5) is 4.79 Å². The van der Waals surface area contributed by atoms with Gasteiger partial charge in [0.1, 0.15) is 0 Å². The lowest BCUT2D eigenvalue weighted by Gasteiger charge is -2.20. The average Bonchev–Trinajstić information content (AvgIpc) is 2.75. The van der Waals surface area contributed by atoms with Crippen molar-refractivity contribution in [2.45, 2.75) is 13.5 Å². The maximum Gasteiger partial charge on any atom is 0.317 e. The zero-order chi connectivity index (χ0) is 11.1. The Labute approximate surface area is 94.4 Å². The van der Waals surface area contributed by atoms with E-state index in [2.05, 4.69) is 11.9 Å². The molecule has 0 fully saturated rings. The first-order chi connectivity index (χ1) is 7.27. The molecule has 0 aliphatic carbocycles. The van der Waals surface area contributed by atoms with Crippen LogP contribution in [-0.4, -0.2) is 24.0 Å². The first kappa shape index (κ1) is 11.8. The van der Waals surface area contributed by atoms with Crippen LogP contribution in [0.1, 0.15) is 11.8 Å². The lowest BCUT2D eigenvalue weighted by molar-refractivity contribution is 0.200. The molecule has 0 unspecified atom stereocenters. The van der Waals surface area contributed by atoms with Crippen LogP contribution in [0.2, 0.25) is 0 Å². The molecule has 0 radical (unpaired) electrons. The normalized spacial score (nSPS) is 9.67. The van der Waals surface area contributed by atoms with Crippen LogP contribution in [0.3, 0.4) is 0 Å². The average molecular weight is 224 g/mol. The molecule has 0 saturated heterocycles. The van der Waals surface area contributed by atoms with Crippen LogP contribution in [0.25, 0.3) is 0 Å². The molecule has 1 rings (SSSR count). The van der Waals surface area contributed by atoms with E-state index in [1.807, 2.05) is 24.4 Å². The second kappa shape index (κ2) is 6.24. The van der Waals surface area contributed by atoms with Gasteiger partial charge in [0.15, 0.2) is 0 Å². The zero-order valence-corrected chi connectivity index (χ0v) is 9.72. The van der Waals surface area contributed by atoms with Gasteiger partial charge in [-0.2, -0.15) is 0 Å². The summed E-state index contributed by atoms with van der Waals surface area (Å²) in [5.41, 5.74) is 0. The highest BCUT2D eigenvalue weighted by Gasteiger charge is 2.10. The van der Waals surface area contributed by atoms with Gasteiger partial charge in [0, 0.05) is 18.0 Å². The third kappa shape index (κ3) is 3.75. The van der Waals surface area contributed by atoms with Gasteiger partial charge in [0.05, 0.1) is 6.54 Å². The van der Waals surface area contributed by atoms with E-state index >= 15 is 0 Å². The van der Waals surface area contributed by atoms with Crippen LogP contribution in [0.5, 0.6) is 0 Å². The molecule has 1 N–H and O–H groups in total. The van der Waals surface area contributed by atoms with Crippen molar-refractivity contribution in [3.8, 4) is 0 Å². The van der Waals surface area contributed by atoms with Crippen LogP contribution >= 0.6 is 11.3 Å². The summed E-state index contributed by atoms with van der Waals surface area (Å²) >= 11 is 1.67. The highest BCUT2D eigenvalue weighted by atomic mass is 32.1. The number of nitrogens with zero attached hydrogens (tertiary/aromatic N) is 1. The number of carbonyl (C=O) groups excluding carboxylic acids is 1. The predicted molar refractivity (Wildman–Crippen MR) is 64.0 cm³/mol. The van der Waals surface area contributed by atoms with Gasteiger partial charge >= 0.3 is 6.03 Å². The lowest BCUT2D eigenvalue weighted by Crippen LogP contribution is -2.39. The number of carbonyl (C=O) groups is 1. The Morgan fingerprint density at radius 3 is 3.07 bits per heavy atom. The van der Waals surface area contributed by atoms with Crippen LogP contribution in [0.15, 0.2) is 30.2 Å². The molecule has 1 aromatic heterocycles. The smallest absolute Gasteiger partial charge is 0.317 e. The van der Waals surface area contributed by atoms with Crippen LogP contribution < -0.4 is 5.32 Å². The molecule has 0 saturated carbocycles. The highest BCUT2D eigenvalue weighted by Crippen LogP contribution is 2.11. The fraction of sp³-hybridized carbons (Fsp3) is 0.364. The first-order valence-corrected chi connectivity index (χ1v) is 5.82. The molecule has 0 spiro atoms. The number of rotatable bonds is 5. The summed E-state index contributed by atoms with van der Waals surface area (Å²) in [4.78, 5) is 14.6. The Bertz CT molecular complexity index is 308. The van der Waals surface area contributed by atoms with Crippen molar-refractivity contribution in [2.75, 3.05) is 13.1 Å². The molecule has 4 heteroatoms. The van der Waals surface area contributed by atoms with Gasteiger partial charge in [-0.05, 0) is 18.4 Å². The molecule has 1 heterocycles. The van der Waals surface area contributed by atoms with E-state index in [4.69, 9.17) is 0 Å². The summed E-state index contributed by atoms with van der Waals surface area (Å²) in [6.45, 7) is 7.44. The van der Waals surface area contributed by atoms with E-state index in [0.29, 0.717) is 19.6 Å². The van der Waals surface area contributed by atoms with Gasteiger partial charge in [0.2, 0.25) is 0 Å². The number of nitrogens with one attached hydrogen (secondary N) is 1. The molecular formula is C11H16N2OS. The molecule has 1 aromatic rings. The molecule has 2 amide bonds. The first-order valence-electron chi connectivity index (χ1n) is 4.94. The lowest BCUT2D eigenvalue weighted by atomic mass is 10.4. The quantitative estimate of drug-likeness (QED) is 0.766. The molecule has 82 valence electrons. The van der Waals surface area contributed by atoms with Crippen molar-refractivity contribution in [1.29, 1.82) is 0 Å². The van der Waals surface area contributed by atoms with Crippen molar-refractivity contribution in [3.05, 3.63) is 35.0 Å². The Kier molecular flexibility index (Phi) is 4.90. The monoisotopic (exact) mass is 224 g/mol. The molecular weight excluding hydrogens is 208 g/mol. The van der Waals surface area contributed by atoms with E-state index in [0.717, 1.165) is 0 Å². The van der Waals surface area contributed by atoms with Gasteiger partial charge in [-0.25, -0.2) is 4.79 Å². The minimum absolute atomic E-state index is 0.0363. The van der Waals surface area contributed by atoms with E-state index < -0.39 is 0 Å². The summed E-state index contributed by atoms with van der Waals surface area (Å²) in [6.07, 6.45) is 1.68. The maximum absolute atomic E-state index is 11.6. The topological polar surface area (TPSA) is 32.3 Å². The molecule has 0 aromatic carbocycles. The summed E-state index contributed by atoms with van der Waals surface area (Å²) in [6, 6.07) is 4.00. The van der Waals surface area contributed by atoms with Crippen molar-refractivity contribution < 1.29 is 4.79 Å². The summed E-state index contributed by atoms with van der Waals surface area (Å²) in [5, 5.41) is 4.79. The van der Waals surface area contributed by atoms with Crippen LogP contribution in [-0.2, 0) is 6.54 Å². The number of urea groups is 1. The number of thiophene rings is 1. The Morgan fingerprint density at radius 2 is 2.53 bits per heavy atom. The molecule has 0 aliphatic heterocycles. The van der Waals surface area contributed by atoms with Gasteiger partial charge < -0.3 is 10.2 Å². The van der Waals surface area contributed by atoms with Crippen molar-refractivity contribution in [2.24, 2.45) is 0 Å². The summed E-state index contributed by atoms with van der Waals surface area (Å²) in [7, 11) is 0. The van der Waals surface area contributed by atoms with Gasteiger partial charge in [0.25, 0.3) is 0 Å². The summed E-state index contributed by atoms with van der Waals surface area (Å²) < 4.78 is 0. The third-order valence-corrected chi connectivity index (χ3v) is 2.85. The van der Waals surface area contributed by atoms with E-state index in [-0.39, 0.29) is 6.03 Å². The van der Waals surface area contributed by atoms with Crippen molar-refractivity contribution in [3.63, 3.8) is 0 Å². The Morgan fingerprint density at radius 1 is 1.73 bits per heavy atom. The second-order valence-corrected chi connectivity index (χ2v) is 4.10. The Balaban J connectivity index is 2.48. The molecule has 3 nitrogen and oxygen atoms in total. The number of hydrogen-bond acceptors (Lipinski definition) is 2. The van der Waals surface area contributed by atoms with Gasteiger partial charge in [-0.15, -0.1) is 17.9 Å². The van der Waals surface area contributed by atoms with E-state index in [9.17, 15) is 4.79 Å². The van der Waals surface area contributed by atoms with Gasteiger partial charge in [-0.1, -0.05) is 12.1 Å². The minimum atomic E-state index is -0.0363. The maximum atomic E-state index is 11.6. The predicted octanol–water partition coefficient (Wildman–Crippen LogP) is 2.47. The van der Waals surface area contributed by atoms with Crippen molar-refractivity contribution >= 4 is 17.4 Å². The fourth-order valence-electron chi connectivity index (χ4n) is 1.19. The molecule has 0 bridgehead atoms. The van der Waals surface area contributed by atoms with E-state index in [1.54, 1.807) is 22.3 Å². The second-order valence-electron chi connectivity index (χ2n) is 3.07. The van der Waals surface area contributed by atoms with Crippen LogP contribution in [0, 0.1) is 0 Å². The number of hydrogen-bond donors (Lipinski definition) is 1. The molecule has 15 heavy (non-hydrogen) atoms. The fourth-order valence-corrected chi connectivity index (χ4v) is 1.91. The number of amides is 2. The molecule has 0 atom stereocenters. The van der Waals surface area contributed by atoms with Crippen molar-refractivity contribution in [1.82, 2.24) is 10.2 Å². The van der Waals surface area contributed by atoms with Gasteiger partial charge in [-0.3, -0.25) is 0 Å². The molecule has 0 aliphatic rings. The zero-order valence-electron chi connectivity index (χ0n) is 8.90. The SMILES string of the molecule is C=CCNC(=O)N(CC)Cc1cccs1. The minimum Gasteiger partial charge on any atom is -0.335 e.